The van der Waals surface area contributed by atoms with Crippen LogP contribution in [0.2, 0.25) is 0 Å². The maximum atomic E-state index is 7.08. The van der Waals surface area contributed by atoms with Crippen molar-refractivity contribution in [1.82, 2.24) is 0 Å². The van der Waals surface area contributed by atoms with Crippen LogP contribution in [-0.2, 0) is 9.47 Å². The second kappa shape index (κ2) is 19.1. The van der Waals surface area contributed by atoms with E-state index in [2.05, 4.69) is 20.8 Å². The minimum Gasteiger partial charge on any atom is -0.349 e. The summed E-state index contributed by atoms with van der Waals surface area (Å²) in [5.74, 6) is 1.62. The first kappa shape index (κ1) is 30.1. The molecule has 0 bridgehead atoms. The molecular formula is C32H62O2. The molecule has 0 amide bonds. The van der Waals surface area contributed by atoms with E-state index in [1.165, 1.54) is 135 Å². The van der Waals surface area contributed by atoms with Crippen molar-refractivity contribution < 1.29 is 9.47 Å². The Morgan fingerprint density at radius 3 is 1.56 bits per heavy atom. The fraction of sp³-hybridized carbons (Fsp3) is 1.00. The van der Waals surface area contributed by atoms with Gasteiger partial charge in [0.25, 0.3) is 0 Å². The molecule has 0 N–H and O–H groups in total. The van der Waals surface area contributed by atoms with Crippen LogP contribution in [0, 0.1) is 17.8 Å². The SMILES string of the molecule is CCCCCCCCC(C1CCCCCCC1)C(OCCC)(OCCC)C1CCCCCCC1. The maximum absolute atomic E-state index is 7.08. The zero-order valence-electron chi connectivity index (χ0n) is 23.7. The lowest BCUT2D eigenvalue weighted by atomic mass is 9.69. The molecule has 0 radical (unpaired) electrons. The Morgan fingerprint density at radius 2 is 1.03 bits per heavy atom. The van der Waals surface area contributed by atoms with Gasteiger partial charge >= 0.3 is 0 Å². The third-order valence-electron chi connectivity index (χ3n) is 8.84. The molecular weight excluding hydrogens is 416 g/mol. The van der Waals surface area contributed by atoms with Gasteiger partial charge in [-0.05, 0) is 50.9 Å². The molecule has 0 aromatic rings. The summed E-state index contributed by atoms with van der Waals surface area (Å²) in [6.07, 6.45) is 31.4. The summed E-state index contributed by atoms with van der Waals surface area (Å²) in [4.78, 5) is 0. The van der Waals surface area contributed by atoms with Crippen molar-refractivity contribution >= 4 is 0 Å². The molecule has 2 nitrogen and oxygen atoms in total. The highest BCUT2D eigenvalue weighted by atomic mass is 16.7. The fourth-order valence-corrected chi connectivity index (χ4v) is 6.98. The Labute approximate surface area is 214 Å². The van der Waals surface area contributed by atoms with Gasteiger partial charge in [-0.15, -0.1) is 0 Å². The van der Waals surface area contributed by atoms with Crippen molar-refractivity contribution in [2.75, 3.05) is 13.2 Å². The van der Waals surface area contributed by atoms with Crippen molar-refractivity contribution in [3.05, 3.63) is 0 Å². The summed E-state index contributed by atoms with van der Waals surface area (Å²) in [7, 11) is 0. The molecule has 2 aliphatic rings. The molecule has 2 heteroatoms. The molecule has 0 heterocycles. The predicted octanol–water partition coefficient (Wildman–Crippen LogP) is 10.6. The van der Waals surface area contributed by atoms with Gasteiger partial charge < -0.3 is 9.47 Å². The summed E-state index contributed by atoms with van der Waals surface area (Å²) in [5.41, 5.74) is 0. The van der Waals surface area contributed by atoms with Crippen LogP contribution in [0.15, 0.2) is 0 Å². The standard InChI is InChI=1S/C32H62O2/c1-4-7-8-9-16-21-26-31(29-22-17-12-10-13-18-23-29)32(33-27-5-2,34-28-6-3)30-24-19-14-11-15-20-25-30/h29-31H,4-28H2,1-3H3. The van der Waals surface area contributed by atoms with Crippen molar-refractivity contribution in [3.63, 3.8) is 0 Å². The highest BCUT2D eigenvalue weighted by molar-refractivity contribution is 4.92. The third-order valence-corrected chi connectivity index (χ3v) is 8.84. The van der Waals surface area contributed by atoms with Crippen molar-refractivity contribution in [1.29, 1.82) is 0 Å². The summed E-state index contributed by atoms with van der Waals surface area (Å²) in [5, 5.41) is 0. The number of hydrogen-bond donors (Lipinski definition) is 0. The Hall–Kier alpha value is -0.0800. The van der Waals surface area contributed by atoms with Gasteiger partial charge in [-0.1, -0.05) is 124 Å². The molecule has 0 saturated heterocycles. The minimum absolute atomic E-state index is 0.337. The number of ether oxygens (including phenoxy) is 2. The third kappa shape index (κ3) is 10.5. The van der Waals surface area contributed by atoms with Gasteiger partial charge in [0.15, 0.2) is 5.79 Å². The quantitative estimate of drug-likeness (QED) is 0.162. The first-order chi connectivity index (χ1) is 16.8. The monoisotopic (exact) mass is 478 g/mol. The average molecular weight is 479 g/mol. The summed E-state index contributed by atoms with van der Waals surface area (Å²) < 4.78 is 14.2. The number of unbranched alkanes of at least 4 members (excludes halogenated alkanes) is 5. The van der Waals surface area contributed by atoms with Crippen LogP contribution in [0.4, 0.5) is 0 Å². The molecule has 1 unspecified atom stereocenters. The van der Waals surface area contributed by atoms with E-state index in [-0.39, 0.29) is 5.79 Å². The van der Waals surface area contributed by atoms with E-state index < -0.39 is 0 Å². The molecule has 34 heavy (non-hydrogen) atoms. The fourth-order valence-electron chi connectivity index (χ4n) is 6.98. The molecule has 0 aromatic heterocycles. The van der Waals surface area contributed by atoms with Gasteiger partial charge in [-0.3, -0.25) is 0 Å². The number of rotatable bonds is 16. The number of hydrogen-bond acceptors (Lipinski definition) is 2. The van der Waals surface area contributed by atoms with Crippen LogP contribution in [0.3, 0.4) is 0 Å². The molecule has 1 atom stereocenters. The van der Waals surface area contributed by atoms with Crippen LogP contribution < -0.4 is 0 Å². The normalized spacial score (nSPS) is 20.9. The van der Waals surface area contributed by atoms with E-state index in [0.29, 0.717) is 11.8 Å². The average Bonchev–Trinajstić information content (AvgIpc) is 2.80. The van der Waals surface area contributed by atoms with E-state index in [4.69, 9.17) is 9.47 Å². The lowest BCUT2D eigenvalue weighted by Gasteiger charge is -2.49. The molecule has 0 spiro atoms. The summed E-state index contributed by atoms with van der Waals surface area (Å²) >= 11 is 0. The molecule has 2 aliphatic carbocycles. The Bertz CT molecular complexity index is 438. The molecule has 0 aromatic carbocycles. The molecule has 2 rings (SSSR count). The zero-order chi connectivity index (χ0) is 24.3. The maximum Gasteiger partial charge on any atom is 0.174 e. The van der Waals surface area contributed by atoms with Crippen LogP contribution in [0.1, 0.15) is 168 Å². The lowest BCUT2D eigenvalue weighted by Crippen LogP contribution is -2.53. The van der Waals surface area contributed by atoms with Crippen LogP contribution in [0.25, 0.3) is 0 Å². The lowest BCUT2D eigenvalue weighted by molar-refractivity contribution is -0.309. The molecule has 2 saturated carbocycles. The van der Waals surface area contributed by atoms with Gasteiger partial charge in [-0.25, -0.2) is 0 Å². The smallest absolute Gasteiger partial charge is 0.174 e. The van der Waals surface area contributed by atoms with Crippen molar-refractivity contribution in [2.24, 2.45) is 17.8 Å². The Morgan fingerprint density at radius 1 is 0.559 bits per heavy atom. The molecule has 202 valence electrons. The Balaban J connectivity index is 2.31. The van der Waals surface area contributed by atoms with E-state index >= 15 is 0 Å². The molecule has 0 aliphatic heterocycles. The zero-order valence-corrected chi connectivity index (χ0v) is 23.7. The van der Waals surface area contributed by atoms with Gasteiger partial charge in [-0.2, -0.15) is 0 Å². The summed E-state index contributed by atoms with van der Waals surface area (Å²) in [6.45, 7) is 8.60. The van der Waals surface area contributed by atoms with Gasteiger partial charge in [0.2, 0.25) is 0 Å². The van der Waals surface area contributed by atoms with E-state index in [1.54, 1.807) is 0 Å². The second-order valence-corrected chi connectivity index (χ2v) is 11.7. The second-order valence-electron chi connectivity index (χ2n) is 11.7. The summed E-state index contributed by atoms with van der Waals surface area (Å²) in [6, 6.07) is 0. The van der Waals surface area contributed by atoms with Gasteiger partial charge in [0, 0.05) is 25.0 Å². The largest absolute Gasteiger partial charge is 0.349 e. The highest BCUT2D eigenvalue weighted by Gasteiger charge is 2.49. The van der Waals surface area contributed by atoms with Crippen LogP contribution in [-0.4, -0.2) is 19.0 Å². The first-order valence-corrected chi connectivity index (χ1v) is 16.1. The topological polar surface area (TPSA) is 18.5 Å². The van der Waals surface area contributed by atoms with Gasteiger partial charge in [0.1, 0.15) is 0 Å². The van der Waals surface area contributed by atoms with Gasteiger partial charge in [0.05, 0.1) is 0 Å². The minimum atomic E-state index is -0.337. The predicted molar refractivity (Wildman–Crippen MR) is 148 cm³/mol. The van der Waals surface area contributed by atoms with E-state index in [9.17, 15) is 0 Å². The van der Waals surface area contributed by atoms with E-state index in [1.807, 2.05) is 0 Å². The van der Waals surface area contributed by atoms with Crippen LogP contribution in [0.5, 0.6) is 0 Å². The van der Waals surface area contributed by atoms with Crippen molar-refractivity contribution in [3.8, 4) is 0 Å². The Kier molecular flexibility index (Phi) is 16.9. The first-order valence-electron chi connectivity index (χ1n) is 16.1. The van der Waals surface area contributed by atoms with Crippen LogP contribution >= 0.6 is 0 Å². The van der Waals surface area contributed by atoms with Crippen molar-refractivity contribution in [2.45, 2.75) is 174 Å². The highest BCUT2D eigenvalue weighted by Crippen LogP contribution is 2.47. The molecule has 2 fully saturated rings. The van der Waals surface area contributed by atoms with E-state index in [0.717, 1.165) is 32.0 Å².